The minimum absolute atomic E-state index is 0.0877. The van der Waals surface area contributed by atoms with Crippen molar-refractivity contribution in [2.75, 3.05) is 23.6 Å². The van der Waals surface area contributed by atoms with Crippen LogP contribution < -0.4 is 19.7 Å². The first-order chi connectivity index (χ1) is 20.4. The Kier molecular flexibility index (Phi) is 7.14. The van der Waals surface area contributed by atoms with Gasteiger partial charge in [-0.3, -0.25) is 24.1 Å². The summed E-state index contributed by atoms with van der Waals surface area (Å²) in [5, 5.41) is 2.93. The summed E-state index contributed by atoms with van der Waals surface area (Å²) in [4.78, 5) is 56.4. The highest BCUT2D eigenvalue weighted by Gasteiger charge is 2.39. The van der Waals surface area contributed by atoms with Crippen molar-refractivity contribution >= 4 is 34.9 Å². The van der Waals surface area contributed by atoms with Crippen molar-refractivity contribution < 1.29 is 28.7 Å². The summed E-state index contributed by atoms with van der Waals surface area (Å²) in [5.41, 5.74) is 3.48. The van der Waals surface area contributed by atoms with Crippen molar-refractivity contribution in [1.29, 1.82) is 0 Å². The van der Waals surface area contributed by atoms with Crippen LogP contribution in [0.25, 0.3) is 0 Å². The van der Waals surface area contributed by atoms with E-state index in [0.717, 1.165) is 11.1 Å². The molecule has 0 aromatic heterocycles. The fourth-order valence-electron chi connectivity index (χ4n) is 5.14. The average Bonchev–Trinajstić information content (AvgIpc) is 3.56. The molecular weight excluding hydrogens is 534 g/mol. The van der Waals surface area contributed by atoms with Crippen LogP contribution in [0.4, 0.5) is 11.4 Å². The highest BCUT2D eigenvalue weighted by molar-refractivity contribution is 6.52. The first kappa shape index (κ1) is 26.8. The number of fused-ring (bicyclic) bond motifs is 2. The number of carbonyl (C=O) groups is 4. The highest BCUT2D eigenvalue weighted by Crippen LogP contribution is 2.35. The largest absolute Gasteiger partial charge is 0.454 e. The lowest BCUT2D eigenvalue weighted by molar-refractivity contribution is -0.139. The van der Waals surface area contributed by atoms with Gasteiger partial charge in [0.05, 0.1) is 11.3 Å². The molecule has 6 rings (SSSR count). The van der Waals surface area contributed by atoms with E-state index < -0.39 is 36.1 Å². The summed E-state index contributed by atoms with van der Waals surface area (Å²) in [5.74, 6) is -1.30. The molecule has 0 aliphatic carbocycles. The summed E-state index contributed by atoms with van der Waals surface area (Å²) in [6, 6.07) is 27.3. The van der Waals surface area contributed by atoms with E-state index in [1.807, 2.05) is 61.5 Å². The van der Waals surface area contributed by atoms with Crippen molar-refractivity contribution in [2.24, 2.45) is 0 Å². The maximum absolute atomic E-state index is 14.2. The van der Waals surface area contributed by atoms with Crippen LogP contribution in [0.1, 0.15) is 33.1 Å². The van der Waals surface area contributed by atoms with E-state index in [9.17, 15) is 19.2 Å². The minimum atomic E-state index is -1.06. The van der Waals surface area contributed by atoms with Crippen LogP contribution in [0, 0.1) is 6.92 Å². The van der Waals surface area contributed by atoms with Crippen LogP contribution in [-0.2, 0) is 20.9 Å². The lowest BCUT2D eigenvalue weighted by Crippen LogP contribution is -2.46. The number of hydrogen-bond acceptors (Lipinski definition) is 6. The van der Waals surface area contributed by atoms with Crippen molar-refractivity contribution in [3.63, 3.8) is 0 Å². The lowest BCUT2D eigenvalue weighted by Gasteiger charge is -2.33. The molecule has 9 nitrogen and oxygen atoms in total. The minimum Gasteiger partial charge on any atom is -0.454 e. The second-order valence-electron chi connectivity index (χ2n) is 10.1. The molecule has 2 aliphatic rings. The molecule has 4 aromatic rings. The fraction of sp³-hybridized carbons (Fsp3) is 0.152. The summed E-state index contributed by atoms with van der Waals surface area (Å²) in [7, 11) is 0. The van der Waals surface area contributed by atoms with Gasteiger partial charge in [-0.25, -0.2) is 0 Å². The summed E-state index contributed by atoms with van der Waals surface area (Å²) in [6.07, 6.45) is 0. The van der Waals surface area contributed by atoms with Gasteiger partial charge in [0, 0.05) is 18.3 Å². The van der Waals surface area contributed by atoms with Gasteiger partial charge in [-0.1, -0.05) is 72.3 Å². The molecule has 3 amide bonds. The van der Waals surface area contributed by atoms with Crippen LogP contribution >= 0.6 is 0 Å². The Morgan fingerprint density at radius 3 is 2.38 bits per heavy atom. The van der Waals surface area contributed by atoms with Crippen molar-refractivity contribution in [2.45, 2.75) is 19.5 Å². The topological polar surface area (TPSA) is 105 Å². The van der Waals surface area contributed by atoms with Gasteiger partial charge < -0.3 is 19.7 Å². The zero-order valence-corrected chi connectivity index (χ0v) is 22.8. The van der Waals surface area contributed by atoms with Crippen molar-refractivity contribution in [3.8, 4) is 11.5 Å². The Hall–Kier alpha value is -5.44. The molecule has 4 aromatic carbocycles. The molecule has 2 aliphatic heterocycles. The SMILES string of the molecule is Cc1ccc(C(C(=O)Nc2ccc3c(c2)OCO3)N(Cc2ccccc2)C(=O)CN2C(=O)C(=O)c3ccccc32)cc1. The molecule has 0 fully saturated rings. The van der Waals surface area contributed by atoms with E-state index in [4.69, 9.17) is 9.47 Å². The molecule has 2 heterocycles. The molecule has 0 saturated heterocycles. The number of Topliss-reactive ketones (excluding diaryl/α,β-unsaturated/α-hetero) is 1. The van der Waals surface area contributed by atoms with Crippen LogP contribution in [0.2, 0.25) is 0 Å². The maximum Gasteiger partial charge on any atom is 0.299 e. The fourth-order valence-corrected chi connectivity index (χ4v) is 5.14. The first-order valence-corrected chi connectivity index (χ1v) is 13.4. The van der Waals surface area contributed by atoms with Gasteiger partial charge in [0.2, 0.25) is 12.7 Å². The third-order valence-electron chi connectivity index (χ3n) is 7.28. The Labute approximate surface area is 242 Å². The zero-order valence-electron chi connectivity index (χ0n) is 22.8. The summed E-state index contributed by atoms with van der Waals surface area (Å²) < 4.78 is 10.8. The number of carbonyl (C=O) groups excluding carboxylic acids is 4. The van der Waals surface area contributed by atoms with Gasteiger partial charge in [-0.05, 0) is 42.3 Å². The Morgan fingerprint density at radius 1 is 0.881 bits per heavy atom. The smallest absolute Gasteiger partial charge is 0.299 e. The molecule has 9 heteroatoms. The normalized spacial score (nSPS) is 14.0. The standard InChI is InChI=1S/C33H27N3O6/c1-21-11-13-23(14-12-21)30(32(39)34-24-15-16-27-28(17-24)42-20-41-27)36(18-22-7-3-2-4-8-22)29(37)19-35-26-10-6-5-9-25(26)31(38)33(35)40/h2-17,30H,18-20H2,1H3,(H,34,39). The Morgan fingerprint density at radius 2 is 1.60 bits per heavy atom. The van der Waals surface area contributed by atoms with Gasteiger partial charge in [0.15, 0.2) is 11.5 Å². The molecular formula is C33H27N3O6. The number of para-hydroxylation sites is 1. The number of benzene rings is 4. The van der Waals surface area contributed by atoms with E-state index in [0.29, 0.717) is 28.4 Å². The number of amides is 3. The first-order valence-electron chi connectivity index (χ1n) is 13.4. The number of aryl methyl sites for hydroxylation is 1. The highest BCUT2D eigenvalue weighted by atomic mass is 16.7. The number of nitrogens with one attached hydrogen (secondary N) is 1. The van der Waals surface area contributed by atoms with Crippen LogP contribution in [0.15, 0.2) is 97.1 Å². The number of ketones is 1. The number of anilines is 2. The second kappa shape index (κ2) is 11.2. The predicted octanol–water partition coefficient (Wildman–Crippen LogP) is 4.66. The lowest BCUT2D eigenvalue weighted by atomic mass is 10.0. The van der Waals surface area contributed by atoms with Gasteiger partial charge in [0.25, 0.3) is 17.6 Å². The molecule has 210 valence electrons. The van der Waals surface area contributed by atoms with E-state index in [1.54, 1.807) is 42.5 Å². The third kappa shape index (κ3) is 5.19. The predicted molar refractivity (Wildman–Crippen MR) is 155 cm³/mol. The van der Waals surface area contributed by atoms with Gasteiger partial charge in [0.1, 0.15) is 12.6 Å². The van der Waals surface area contributed by atoms with Crippen LogP contribution in [0.5, 0.6) is 11.5 Å². The average molecular weight is 562 g/mol. The van der Waals surface area contributed by atoms with E-state index >= 15 is 0 Å². The Balaban J connectivity index is 1.37. The summed E-state index contributed by atoms with van der Waals surface area (Å²) >= 11 is 0. The van der Waals surface area contributed by atoms with E-state index in [-0.39, 0.29) is 18.9 Å². The maximum atomic E-state index is 14.2. The number of hydrogen-bond donors (Lipinski definition) is 1. The molecule has 0 bridgehead atoms. The second-order valence-corrected chi connectivity index (χ2v) is 10.1. The van der Waals surface area contributed by atoms with Gasteiger partial charge >= 0.3 is 0 Å². The van der Waals surface area contributed by atoms with Gasteiger partial charge in [-0.15, -0.1) is 0 Å². The zero-order chi connectivity index (χ0) is 29.2. The quantitative estimate of drug-likeness (QED) is 0.314. The molecule has 0 saturated carbocycles. The molecule has 1 N–H and O–H groups in total. The van der Waals surface area contributed by atoms with Crippen molar-refractivity contribution in [1.82, 2.24) is 4.90 Å². The molecule has 0 radical (unpaired) electrons. The van der Waals surface area contributed by atoms with Crippen molar-refractivity contribution in [3.05, 3.63) is 119 Å². The van der Waals surface area contributed by atoms with Gasteiger partial charge in [-0.2, -0.15) is 0 Å². The molecule has 1 unspecified atom stereocenters. The van der Waals surface area contributed by atoms with E-state index in [2.05, 4.69) is 5.32 Å². The Bertz CT molecular complexity index is 1690. The number of ether oxygens (including phenoxy) is 2. The van der Waals surface area contributed by atoms with Crippen LogP contribution in [0.3, 0.4) is 0 Å². The van der Waals surface area contributed by atoms with Crippen LogP contribution in [-0.4, -0.2) is 41.7 Å². The number of rotatable bonds is 8. The molecule has 42 heavy (non-hydrogen) atoms. The molecule has 1 atom stereocenters. The molecule has 0 spiro atoms. The monoisotopic (exact) mass is 561 g/mol. The third-order valence-corrected chi connectivity index (χ3v) is 7.28. The van der Waals surface area contributed by atoms with E-state index in [1.165, 1.54) is 9.80 Å². The summed E-state index contributed by atoms with van der Waals surface area (Å²) in [6.45, 7) is 1.71. The number of nitrogens with zero attached hydrogens (tertiary/aromatic N) is 2.